The molecule has 0 saturated heterocycles. The second-order valence-electron chi connectivity index (χ2n) is 6.07. The second-order valence-corrected chi connectivity index (χ2v) is 6.07. The van der Waals surface area contributed by atoms with E-state index in [-0.39, 0.29) is 12.1 Å². The maximum absolute atomic E-state index is 12.3. The average Bonchev–Trinajstić information content (AvgIpc) is 3.27. The number of hydrogen-bond donors (Lipinski definition) is 2. The van der Waals surface area contributed by atoms with Crippen molar-refractivity contribution in [2.45, 2.75) is 25.3 Å². The van der Waals surface area contributed by atoms with Gasteiger partial charge in [0.2, 0.25) is 0 Å². The molecule has 0 saturated carbocycles. The van der Waals surface area contributed by atoms with Gasteiger partial charge in [-0.25, -0.2) is 14.5 Å². The van der Waals surface area contributed by atoms with E-state index in [4.69, 9.17) is 0 Å². The predicted molar refractivity (Wildman–Crippen MR) is 92.4 cm³/mol. The van der Waals surface area contributed by atoms with Crippen LogP contribution in [0.5, 0.6) is 0 Å². The third-order valence-electron chi connectivity index (χ3n) is 4.43. The summed E-state index contributed by atoms with van der Waals surface area (Å²) in [4.78, 5) is 16.6. The minimum atomic E-state index is -0.240. The first-order chi connectivity index (χ1) is 12.2. The monoisotopic (exact) mass is 337 g/mol. The SMILES string of the molecule is Cn1ncc2c1CCCC2NC(=O)Nc1ccc(-n2cccn2)nc1. The number of pyridine rings is 1. The Morgan fingerprint density at radius 1 is 1.28 bits per heavy atom. The summed E-state index contributed by atoms with van der Waals surface area (Å²) in [6.07, 6.45) is 9.94. The zero-order valence-electron chi connectivity index (χ0n) is 13.9. The van der Waals surface area contributed by atoms with E-state index in [1.54, 1.807) is 23.1 Å². The molecule has 2 amide bonds. The largest absolute Gasteiger partial charge is 0.331 e. The van der Waals surface area contributed by atoms with Crippen molar-refractivity contribution in [3.63, 3.8) is 0 Å². The van der Waals surface area contributed by atoms with Crippen LogP contribution in [0.25, 0.3) is 5.82 Å². The molecule has 4 rings (SSSR count). The Balaban J connectivity index is 1.41. The third-order valence-corrected chi connectivity index (χ3v) is 4.43. The van der Waals surface area contributed by atoms with Gasteiger partial charge in [0.25, 0.3) is 0 Å². The summed E-state index contributed by atoms with van der Waals surface area (Å²) in [6.45, 7) is 0. The number of fused-ring (bicyclic) bond motifs is 1. The predicted octanol–water partition coefficient (Wildman–Crippen LogP) is 2.20. The lowest BCUT2D eigenvalue weighted by Gasteiger charge is -2.23. The lowest BCUT2D eigenvalue weighted by Crippen LogP contribution is -2.34. The number of nitrogens with one attached hydrogen (secondary N) is 2. The minimum absolute atomic E-state index is 0.00578. The van der Waals surface area contributed by atoms with E-state index in [0.29, 0.717) is 11.5 Å². The molecule has 2 N–H and O–H groups in total. The highest BCUT2D eigenvalue weighted by molar-refractivity contribution is 5.89. The molecule has 1 aliphatic rings. The maximum Gasteiger partial charge on any atom is 0.319 e. The van der Waals surface area contributed by atoms with Crippen LogP contribution in [0, 0.1) is 0 Å². The van der Waals surface area contributed by atoms with Crippen molar-refractivity contribution in [3.8, 4) is 5.82 Å². The summed E-state index contributed by atoms with van der Waals surface area (Å²) >= 11 is 0. The molecule has 128 valence electrons. The fourth-order valence-corrected chi connectivity index (χ4v) is 3.18. The number of rotatable bonds is 3. The van der Waals surface area contributed by atoms with Crippen LogP contribution in [0.4, 0.5) is 10.5 Å². The van der Waals surface area contributed by atoms with Crippen molar-refractivity contribution in [1.29, 1.82) is 0 Å². The first kappa shape index (κ1) is 15.4. The molecule has 1 unspecified atom stereocenters. The molecule has 0 aromatic carbocycles. The Bertz CT molecular complexity index is 867. The molecule has 25 heavy (non-hydrogen) atoms. The van der Waals surface area contributed by atoms with Gasteiger partial charge in [-0.15, -0.1) is 0 Å². The Labute approximate surface area is 144 Å². The fraction of sp³-hybridized carbons (Fsp3) is 0.294. The Hall–Kier alpha value is -3.16. The van der Waals surface area contributed by atoms with Gasteiger partial charge in [-0.2, -0.15) is 10.2 Å². The van der Waals surface area contributed by atoms with Crippen molar-refractivity contribution in [2.75, 3.05) is 5.32 Å². The van der Waals surface area contributed by atoms with Crippen molar-refractivity contribution in [3.05, 3.63) is 54.2 Å². The number of aromatic nitrogens is 5. The number of aryl methyl sites for hydroxylation is 1. The van der Waals surface area contributed by atoms with Gasteiger partial charge in [-0.1, -0.05) is 0 Å². The van der Waals surface area contributed by atoms with Crippen LogP contribution in [0.15, 0.2) is 43.0 Å². The van der Waals surface area contributed by atoms with E-state index in [0.717, 1.165) is 24.8 Å². The van der Waals surface area contributed by atoms with E-state index in [2.05, 4.69) is 25.8 Å². The van der Waals surface area contributed by atoms with Crippen LogP contribution in [0.3, 0.4) is 0 Å². The standard InChI is InChI=1S/C17H19N7O/c1-23-15-5-2-4-14(13(15)11-20-23)22-17(25)21-12-6-7-16(18-10-12)24-9-3-8-19-24/h3,6-11,14H,2,4-5H2,1H3,(H2,21,22,25). The van der Waals surface area contributed by atoms with Crippen molar-refractivity contribution in [1.82, 2.24) is 29.9 Å². The number of hydrogen-bond acceptors (Lipinski definition) is 4. The highest BCUT2D eigenvalue weighted by atomic mass is 16.2. The minimum Gasteiger partial charge on any atom is -0.331 e. The first-order valence-corrected chi connectivity index (χ1v) is 8.25. The van der Waals surface area contributed by atoms with Gasteiger partial charge in [-0.05, 0) is 37.5 Å². The smallest absolute Gasteiger partial charge is 0.319 e. The molecule has 0 bridgehead atoms. The molecule has 0 spiro atoms. The highest BCUT2D eigenvalue weighted by Crippen LogP contribution is 2.29. The summed E-state index contributed by atoms with van der Waals surface area (Å²) < 4.78 is 3.55. The Morgan fingerprint density at radius 2 is 2.20 bits per heavy atom. The summed E-state index contributed by atoms with van der Waals surface area (Å²) in [6, 6.07) is 5.20. The average molecular weight is 337 g/mol. The van der Waals surface area contributed by atoms with Crippen molar-refractivity contribution >= 4 is 11.7 Å². The van der Waals surface area contributed by atoms with Gasteiger partial charge >= 0.3 is 6.03 Å². The lowest BCUT2D eigenvalue weighted by molar-refractivity contribution is 0.247. The first-order valence-electron chi connectivity index (χ1n) is 8.25. The molecule has 0 fully saturated rings. The Kier molecular flexibility index (Phi) is 3.93. The third kappa shape index (κ3) is 3.10. The maximum atomic E-state index is 12.3. The van der Waals surface area contributed by atoms with Gasteiger partial charge < -0.3 is 10.6 Å². The second kappa shape index (κ2) is 6.39. The van der Waals surface area contributed by atoms with Gasteiger partial charge in [0.05, 0.1) is 24.1 Å². The molecule has 1 atom stereocenters. The van der Waals surface area contributed by atoms with Crippen molar-refractivity contribution in [2.24, 2.45) is 7.05 Å². The number of amides is 2. The number of carbonyl (C=O) groups excluding carboxylic acids is 1. The molecule has 3 aromatic rings. The van der Waals surface area contributed by atoms with Gasteiger partial charge in [0, 0.05) is 30.7 Å². The highest BCUT2D eigenvalue weighted by Gasteiger charge is 2.24. The van der Waals surface area contributed by atoms with E-state index in [9.17, 15) is 4.79 Å². The number of anilines is 1. The summed E-state index contributed by atoms with van der Waals surface area (Å²) in [7, 11) is 1.94. The van der Waals surface area contributed by atoms with Gasteiger partial charge in [0.1, 0.15) is 0 Å². The van der Waals surface area contributed by atoms with Crippen LogP contribution in [-0.4, -0.2) is 30.6 Å². The topological polar surface area (TPSA) is 89.7 Å². The van der Waals surface area contributed by atoms with Crippen molar-refractivity contribution < 1.29 is 4.79 Å². The van der Waals surface area contributed by atoms with Crippen LogP contribution >= 0.6 is 0 Å². The molecule has 8 nitrogen and oxygen atoms in total. The number of nitrogens with zero attached hydrogens (tertiary/aromatic N) is 5. The van der Waals surface area contributed by atoms with Crippen LogP contribution < -0.4 is 10.6 Å². The molecule has 8 heteroatoms. The molecule has 1 aliphatic carbocycles. The zero-order valence-corrected chi connectivity index (χ0v) is 13.9. The van der Waals surface area contributed by atoms with E-state index in [1.807, 2.05) is 36.3 Å². The summed E-state index contributed by atoms with van der Waals surface area (Å²) in [5.74, 6) is 0.697. The zero-order chi connectivity index (χ0) is 17.2. The molecular weight excluding hydrogens is 318 g/mol. The quantitative estimate of drug-likeness (QED) is 0.767. The van der Waals surface area contributed by atoms with Crippen LogP contribution in [0.2, 0.25) is 0 Å². The normalized spacial score (nSPS) is 16.3. The van der Waals surface area contributed by atoms with E-state index < -0.39 is 0 Å². The molecule has 0 radical (unpaired) electrons. The van der Waals surface area contributed by atoms with Crippen LogP contribution in [-0.2, 0) is 13.5 Å². The summed E-state index contributed by atoms with van der Waals surface area (Å²) in [5, 5.41) is 14.3. The van der Waals surface area contributed by atoms with E-state index in [1.165, 1.54) is 5.69 Å². The van der Waals surface area contributed by atoms with E-state index >= 15 is 0 Å². The Morgan fingerprint density at radius 3 is 2.96 bits per heavy atom. The summed E-state index contributed by atoms with van der Waals surface area (Å²) in [5.41, 5.74) is 2.94. The molecular formula is C17H19N7O. The van der Waals surface area contributed by atoms with Gasteiger partial charge in [-0.3, -0.25) is 4.68 Å². The van der Waals surface area contributed by atoms with Crippen LogP contribution in [0.1, 0.15) is 30.1 Å². The molecule has 3 heterocycles. The fourth-order valence-electron chi connectivity index (χ4n) is 3.18. The number of urea groups is 1. The molecule has 0 aliphatic heterocycles. The van der Waals surface area contributed by atoms with Gasteiger partial charge in [0.15, 0.2) is 5.82 Å². The molecule has 3 aromatic heterocycles. The lowest BCUT2D eigenvalue weighted by atomic mass is 9.93. The number of carbonyl (C=O) groups is 1.